The minimum atomic E-state index is 0.632. The second-order valence-electron chi connectivity index (χ2n) is 4.99. The van der Waals surface area contributed by atoms with Gasteiger partial charge < -0.3 is 10.1 Å². The molecule has 2 aliphatic rings. The first-order chi connectivity index (χ1) is 8.34. The summed E-state index contributed by atoms with van der Waals surface area (Å²) < 4.78 is 5.42. The van der Waals surface area contributed by atoms with Gasteiger partial charge in [-0.3, -0.25) is 4.90 Å². The lowest BCUT2D eigenvalue weighted by atomic mass is 9.94. The average molecular weight is 232 g/mol. The van der Waals surface area contributed by atoms with Crippen LogP contribution in [0.25, 0.3) is 0 Å². The van der Waals surface area contributed by atoms with Crippen LogP contribution in [0.4, 0.5) is 5.69 Å². The molecule has 3 rings (SSSR count). The summed E-state index contributed by atoms with van der Waals surface area (Å²) in [6.07, 6.45) is 1.18. The summed E-state index contributed by atoms with van der Waals surface area (Å²) in [6, 6.07) is 7.17. The van der Waals surface area contributed by atoms with Gasteiger partial charge in [-0.1, -0.05) is 12.1 Å². The first-order valence-corrected chi connectivity index (χ1v) is 6.49. The zero-order valence-corrected chi connectivity index (χ0v) is 10.4. The van der Waals surface area contributed by atoms with E-state index in [2.05, 4.69) is 35.3 Å². The van der Waals surface area contributed by atoms with Gasteiger partial charge in [-0.2, -0.15) is 0 Å². The lowest BCUT2D eigenvalue weighted by molar-refractivity contribution is 0.0186. The quantitative estimate of drug-likeness (QED) is 0.797. The van der Waals surface area contributed by atoms with Crippen LogP contribution in [0.5, 0.6) is 0 Å². The number of benzene rings is 1. The molecule has 92 valence electrons. The molecule has 0 aromatic heterocycles. The number of nitrogens with one attached hydrogen (secondary N) is 1. The Labute approximate surface area is 103 Å². The standard InChI is InChI=1S/C14H20N2O/c1-11-3-2-4-14-13(11)9-12(10-15-14)16-5-7-17-8-6-16/h2-4,12,15H,5-10H2,1H3. The molecule has 1 aromatic carbocycles. The molecule has 1 unspecified atom stereocenters. The highest BCUT2D eigenvalue weighted by Gasteiger charge is 2.25. The van der Waals surface area contributed by atoms with Crippen molar-refractivity contribution in [2.24, 2.45) is 0 Å². The van der Waals surface area contributed by atoms with Gasteiger partial charge in [0.1, 0.15) is 0 Å². The number of aryl methyl sites for hydroxylation is 1. The number of hydrogen-bond donors (Lipinski definition) is 1. The molecule has 3 heteroatoms. The van der Waals surface area contributed by atoms with Gasteiger partial charge in [0.2, 0.25) is 0 Å². The molecule has 2 aliphatic heterocycles. The highest BCUT2D eigenvalue weighted by molar-refractivity contribution is 5.56. The Morgan fingerprint density at radius 3 is 2.94 bits per heavy atom. The molecule has 17 heavy (non-hydrogen) atoms. The van der Waals surface area contributed by atoms with Gasteiger partial charge in [0.25, 0.3) is 0 Å². The SMILES string of the molecule is Cc1cccc2c1CC(N1CCOCC1)CN2. The van der Waals surface area contributed by atoms with E-state index in [4.69, 9.17) is 4.74 Å². The van der Waals surface area contributed by atoms with Crippen LogP contribution in [0.3, 0.4) is 0 Å². The monoisotopic (exact) mass is 232 g/mol. The van der Waals surface area contributed by atoms with Crippen molar-refractivity contribution in [1.82, 2.24) is 4.90 Å². The number of fused-ring (bicyclic) bond motifs is 1. The molecule has 1 N–H and O–H groups in total. The van der Waals surface area contributed by atoms with E-state index in [1.165, 1.54) is 23.2 Å². The number of anilines is 1. The van der Waals surface area contributed by atoms with Crippen LogP contribution in [0.2, 0.25) is 0 Å². The molecular weight excluding hydrogens is 212 g/mol. The molecule has 1 atom stereocenters. The Kier molecular flexibility index (Phi) is 3.04. The van der Waals surface area contributed by atoms with Gasteiger partial charge in [-0.25, -0.2) is 0 Å². The Bertz CT molecular complexity index is 399. The molecule has 0 aliphatic carbocycles. The summed E-state index contributed by atoms with van der Waals surface area (Å²) in [5.74, 6) is 0. The fourth-order valence-electron chi connectivity index (χ4n) is 2.88. The number of rotatable bonds is 1. The molecule has 0 spiro atoms. The fourth-order valence-corrected chi connectivity index (χ4v) is 2.88. The van der Waals surface area contributed by atoms with Crippen LogP contribution in [0.15, 0.2) is 18.2 Å². The van der Waals surface area contributed by atoms with Crippen LogP contribution in [0.1, 0.15) is 11.1 Å². The Balaban J connectivity index is 1.77. The van der Waals surface area contributed by atoms with Crippen LogP contribution in [0, 0.1) is 6.92 Å². The van der Waals surface area contributed by atoms with E-state index in [0.717, 1.165) is 32.8 Å². The van der Waals surface area contributed by atoms with Gasteiger partial charge >= 0.3 is 0 Å². The van der Waals surface area contributed by atoms with Gasteiger partial charge in [0.15, 0.2) is 0 Å². The smallest absolute Gasteiger partial charge is 0.0594 e. The maximum absolute atomic E-state index is 5.42. The van der Waals surface area contributed by atoms with Crippen molar-refractivity contribution in [3.8, 4) is 0 Å². The zero-order chi connectivity index (χ0) is 11.7. The van der Waals surface area contributed by atoms with E-state index in [1.807, 2.05) is 0 Å². The Morgan fingerprint density at radius 2 is 2.12 bits per heavy atom. The second-order valence-corrected chi connectivity index (χ2v) is 4.99. The highest BCUT2D eigenvalue weighted by Crippen LogP contribution is 2.26. The molecule has 0 amide bonds. The maximum Gasteiger partial charge on any atom is 0.0594 e. The average Bonchev–Trinajstić information content (AvgIpc) is 2.40. The first-order valence-electron chi connectivity index (χ1n) is 6.49. The van der Waals surface area contributed by atoms with E-state index < -0.39 is 0 Å². The summed E-state index contributed by atoms with van der Waals surface area (Å²) in [5, 5.41) is 3.57. The third-order valence-corrected chi connectivity index (χ3v) is 3.94. The van der Waals surface area contributed by atoms with Crippen LogP contribution in [-0.4, -0.2) is 43.8 Å². The van der Waals surface area contributed by atoms with Gasteiger partial charge in [-0.15, -0.1) is 0 Å². The number of ether oxygens (including phenoxy) is 1. The summed E-state index contributed by atoms with van der Waals surface area (Å²) in [4.78, 5) is 2.56. The maximum atomic E-state index is 5.42. The Morgan fingerprint density at radius 1 is 1.29 bits per heavy atom. The number of nitrogens with zero attached hydrogens (tertiary/aromatic N) is 1. The molecule has 3 nitrogen and oxygen atoms in total. The van der Waals surface area contributed by atoms with Gasteiger partial charge in [-0.05, 0) is 30.5 Å². The number of morpholine rings is 1. The zero-order valence-electron chi connectivity index (χ0n) is 10.4. The summed E-state index contributed by atoms with van der Waals surface area (Å²) in [5.41, 5.74) is 4.23. The third kappa shape index (κ3) is 2.17. The van der Waals surface area contributed by atoms with Gasteiger partial charge in [0.05, 0.1) is 13.2 Å². The second kappa shape index (κ2) is 4.67. The molecule has 1 fully saturated rings. The largest absolute Gasteiger partial charge is 0.383 e. The van der Waals surface area contributed by atoms with E-state index in [9.17, 15) is 0 Å². The van der Waals surface area contributed by atoms with Crippen molar-refractivity contribution in [1.29, 1.82) is 0 Å². The summed E-state index contributed by atoms with van der Waals surface area (Å²) in [6.45, 7) is 7.20. The lowest BCUT2D eigenvalue weighted by Gasteiger charge is -2.38. The normalized spacial score (nSPS) is 25.1. The molecule has 1 saturated heterocycles. The van der Waals surface area contributed by atoms with Crippen molar-refractivity contribution in [2.45, 2.75) is 19.4 Å². The molecular formula is C14H20N2O. The van der Waals surface area contributed by atoms with E-state index in [0.29, 0.717) is 6.04 Å². The first kappa shape index (κ1) is 11.1. The minimum absolute atomic E-state index is 0.632. The van der Waals surface area contributed by atoms with E-state index >= 15 is 0 Å². The number of hydrogen-bond acceptors (Lipinski definition) is 3. The van der Waals surface area contributed by atoms with Crippen molar-refractivity contribution < 1.29 is 4.74 Å². The van der Waals surface area contributed by atoms with E-state index in [-0.39, 0.29) is 0 Å². The van der Waals surface area contributed by atoms with Crippen molar-refractivity contribution in [3.63, 3.8) is 0 Å². The fraction of sp³-hybridized carbons (Fsp3) is 0.571. The van der Waals surface area contributed by atoms with Crippen LogP contribution in [-0.2, 0) is 11.2 Å². The predicted molar refractivity (Wildman–Crippen MR) is 69.6 cm³/mol. The predicted octanol–water partition coefficient (Wildman–Crippen LogP) is 1.66. The molecule has 0 bridgehead atoms. The van der Waals surface area contributed by atoms with E-state index in [1.54, 1.807) is 0 Å². The Hall–Kier alpha value is -1.06. The molecule has 0 saturated carbocycles. The van der Waals surface area contributed by atoms with Crippen molar-refractivity contribution in [3.05, 3.63) is 29.3 Å². The summed E-state index contributed by atoms with van der Waals surface area (Å²) >= 11 is 0. The summed E-state index contributed by atoms with van der Waals surface area (Å²) in [7, 11) is 0. The highest BCUT2D eigenvalue weighted by atomic mass is 16.5. The van der Waals surface area contributed by atoms with Crippen LogP contribution < -0.4 is 5.32 Å². The lowest BCUT2D eigenvalue weighted by Crippen LogP contribution is -2.49. The van der Waals surface area contributed by atoms with Crippen LogP contribution >= 0.6 is 0 Å². The topological polar surface area (TPSA) is 24.5 Å². The molecule has 2 heterocycles. The van der Waals surface area contributed by atoms with Crippen molar-refractivity contribution >= 4 is 5.69 Å². The van der Waals surface area contributed by atoms with Crippen molar-refractivity contribution in [2.75, 3.05) is 38.2 Å². The molecule has 0 radical (unpaired) electrons. The minimum Gasteiger partial charge on any atom is -0.383 e. The third-order valence-electron chi connectivity index (χ3n) is 3.94. The van der Waals surface area contributed by atoms with Gasteiger partial charge in [0, 0.05) is 31.4 Å². The molecule has 1 aromatic rings.